The highest BCUT2D eigenvalue weighted by Gasteiger charge is 2.20. The first-order chi connectivity index (χ1) is 16.4. The zero-order valence-corrected chi connectivity index (χ0v) is 19.9. The van der Waals surface area contributed by atoms with Crippen molar-refractivity contribution in [1.29, 1.82) is 0 Å². The maximum Gasteiger partial charge on any atom is 0.252 e. The summed E-state index contributed by atoms with van der Waals surface area (Å²) in [4.78, 5) is 23.2. The standard InChI is InChI=1S/C26H27N3O5/c1-6-19-17-11-22(32-5)21(31-4)10-16(17)18(26(30)28-19)8-15-7-14-9-23-24(34-13-33-23)12-20(14)27-25(15)29(2)3/h7,9-12H,6,8,13H2,1-5H3,(H,28,30). The van der Waals surface area contributed by atoms with Crippen molar-refractivity contribution in [3.8, 4) is 23.0 Å². The summed E-state index contributed by atoms with van der Waals surface area (Å²) in [5, 5.41) is 2.71. The van der Waals surface area contributed by atoms with Crippen LogP contribution in [0.25, 0.3) is 21.7 Å². The van der Waals surface area contributed by atoms with Crippen molar-refractivity contribution < 1.29 is 18.9 Å². The molecule has 0 spiro atoms. The van der Waals surface area contributed by atoms with Crippen molar-refractivity contribution in [2.45, 2.75) is 19.8 Å². The van der Waals surface area contributed by atoms with Crippen molar-refractivity contribution in [1.82, 2.24) is 9.97 Å². The van der Waals surface area contributed by atoms with E-state index in [1.807, 2.05) is 50.2 Å². The molecular formula is C26H27N3O5. The Morgan fingerprint density at radius 3 is 2.32 bits per heavy atom. The lowest BCUT2D eigenvalue weighted by Gasteiger charge is -2.19. The van der Waals surface area contributed by atoms with E-state index in [1.54, 1.807) is 14.2 Å². The van der Waals surface area contributed by atoms with Gasteiger partial charge in [0.15, 0.2) is 23.0 Å². The Morgan fingerprint density at radius 2 is 1.68 bits per heavy atom. The molecule has 0 atom stereocenters. The van der Waals surface area contributed by atoms with Gasteiger partial charge < -0.3 is 28.8 Å². The number of rotatable bonds is 6. The number of H-pyrrole nitrogens is 1. The molecule has 8 nitrogen and oxygen atoms in total. The quantitative estimate of drug-likeness (QED) is 0.464. The SMILES string of the molecule is CCc1[nH]c(=O)c(Cc2cc3cc4c(cc3nc2N(C)C)OCO4)c2cc(OC)c(OC)cc12. The monoisotopic (exact) mass is 461 g/mol. The van der Waals surface area contributed by atoms with Crippen LogP contribution in [-0.4, -0.2) is 45.1 Å². The number of fused-ring (bicyclic) bond motifs is 3. The number of nitrogens with zero attached hydrogens (tertiary/aromatic N) is 2. The lowest BCUT2D eigenvalue weighted by molar-refractivity contribution is 0.174. The number of aromatic nitrogens is 2. The van der Waals surface area contributed by atoms with Crippen molar-refractivity contribution in [3.05, 3.63) is 57.5 Å². The molecule has 1 aliphatic rings. The average molecular weight is 462 g/mol. The van der Waals surface area contributed by atoms with Crippen LogP contribution in [0.15, 0.2) is 35.1 Å². The summed E-state index contributed by atoms with van der Waals surface area (Å²) in [6.45, 7) is 2.22. The summed E-state index contributed by atoms with van der Waals surface area (Å²) < 4.78 is 22.1. The fraction of sp³-hybridized carbons (Fsp3) is 0.308. The van der Waals surface area contributed by atoms with Gasteiger partial charge in [-0.15, -0.1) is 0 Å². The Kier molecular flexibility index (Phi) is 5.43. The molecule has 5 rings (SSSR count). The van der Waals surface area contributed by atoms with E-state index in [2.05, 4.69) is 11.1 Å². The molecule has 3 heterocycles. The van der Waals surface area contributed by atoms with Crippen LogP contribution in [0.3, 0.4) is 0 Å². The summed E-state index contributed by atoms with van der Waals surface area (Å²) in [7, 11) is 7.10. The molecule has 0 aliphatic carbocycles. The Morgan fingerprint density at radius 1 is 1.00 bits per heavy atom. The summed E-state index contributed by atoms with van der Waals surface area (Å²) in [5.74, 6) is 3.39. The van der Waals surface area contributed by atoms with Crippen LogP contribution in [0.5, 0.6) is 23.0 Å². The highest BCUT2D eigenvalue weighted by Crippen LogP contribution is 2.38. The lowest BCUT2D eigenvalue weighted by atomic mass is 9.97. The average Bonchev–Trinajstić information content (AvgIpc) is 3.29. The maximum atomic E-state index is 13.3. The molecule has 0 amide bonds. The van der Waals surface area contributed by atoms with E-state index in [0.717, 1.165) is 38.8 Å². The van der Waals surface area contributed by atoms with Gasteiger partial charge in [-0.2, -0.15) is 0 Å². The molecule has 8 heteroatoms. The smallest absolute Gasteiger partial charge is 0.252 e. The Hall–Kier alpha value is -3.94. The molecule has 0 bridgehead atoms. The molecule has 2 aromatic carbocycles. The summed E-state index contributed by atoms with van der Waals surface area (Å²) >= 11 is 0. The van der Waals surface area contributed by atoms with E-state index in [9.17, 15) is 4.79 Å². The van der Waals surface area contributed by atoms with Crippen LogP contribution in [0, 0.1) is 0 Å². The fourth-order valence-corrected chi connectivity index (χ4v) is 4.54. The second-order valence-electron chi connectivity index (χ2n) is 8.46. The highest BCUT2D eigenvalue weighted by molar-refractivity contribution is 5.91. The fourth-order valence-electron chi connectivity index (χ4n) is 4.54. The molecule has 0 fully saturated rings. The van der Waals surface area contributed by atoms with Gasteiger partial charge in [0.1, 0.15) is 5.82 Å². The van der Waals surface area contributed by atoms with Gasteiger partial charge in [0, 0.05) is 48.6 Å². The van der Waals surface area contributed by atoms with Gasteiger partial charge in [-0.25, -0.2) is 4.98 Å². The van der Waals surface area contributed by atoms with Crippen LogP contribution in [-0.2, 0) is 12.8 Å². The van der Waals surface area contributed by atoms with Crippen LogP contribution in [0.2, 0.25) is 0 Å². The van der Waals surface area contributed by atoms with Gasteiger partial charge in [-0.1, -0.05) is 6.92 Å². The second kappa shape index (κ2) is 8.44. The molecule has 0 saturated heterocycles. The molecule has 176 valence electrons. The summed E-state index contributed by atoms with van der Waals surface area (Å²) in [5.41, 5.74) is 3.14. The van der Waals surface area contributed by atoms with E-state index in [4.69, 9.17) is 23.9 Å². The maximum absolute atomic E-state index is 13.3. The minimum absolute atomic E-state index is 0.118. The highest BCUT2D eigenvalue weighted by atomic mass is 16.7. The molecule has 1 aliphatic heterocycles. The van der Waals surface area contributed by atoms with E-state index in [1.165, 1.54) is 0 Å². The van der Waals surface area contributed by atoms with Crippen LogP contribution in [0.1, 0.15) is 23.7 Å². The van der Waals surface area contributed by atoms with Crippen LogP contribution < -0.4 is 29.4 Å². The minimum atomic E-state index is -0.118. The number of hydrogen-bond acceptors (Lipinski definition) is 7. The molecule has 34 heavy (non-hydrogen) atoms. The Bertz CT molecular complexity index is 1480. The minimum Gasteiger partial charge on any atom is -0.493 e. The van der Waals surface area contributed by atoms with E-state index in [0.29, 0.717) is 41.4 Å². The van der Waals surface area contributed by atoms with Gasteiger partial charge in [0.05, 0.1) is 19.7 Å². The molecule has 0 radical (unpaired) electrons. The molecular weight excluding hydrogens is 434 g/mol. The van der Waals surface area contributed by atoms with Gasteiger partial charge in [0.2, 0.25) is 6.79 Å². The molecule has 0 unspecified atom stereocenters. The molecule has 0 saturated carbocycles. The van der Waals surface area contributed by atoms with E-state index >= 15 is 0 Å². The van der Waals surface area contributed by atoms with Gasteiger partial charge in [0.25, 0.3) is 5.56 Å². The predicted octanol–water partition coefficient (Wildman–Crippen LogP) is 4.04. The largest absolute Gasteiger partial charge is 0.493 e. The topological polar surface area (TPSA) is 85.9 Å². The number of ether oxygens (including phenoxy) is 4. The molecule has 1 N–H and O–H groups in total. The summed E-state index contributed by atoms with van der Waals surface area (Å²) in [6, 6.07) is 9.71. The van der Waals surface area contributed by atoms with Crippen LogP contribution >= 0.6 is 0 Å². The third kappa shape index (κ3) is 3.55. The Balaban J connectivity index is 1.73. The van der Waals surface area contributed by atoms with Crippen molar-refractivity contribution >= 4 is 27.5 Å². The van der Waals surface area contributed by atoms with Crippen molar-refractivity contribution in [2.24, 2.45) is 0 Å². The lowest BCUT2D eigenvalue weighted by Crippen LogP contribution is -2.19. The zero-order chi connectivity index (χ0) is 24.0. The van der Waals surface area contributed by atoms with E-state index < -0.39 is 0 Å². The van der Waals surface area contributed by atoms with Gasteiger partial charge >= 0.3 is 0 Å². The number of hydrogen-bond donors (Lipinski definition) is 1. The molecule has 4 aromatic rings. The first-order valence-corrected chi connectivity index (χ1v) is 11.1. The number of nitrogens with one attached hydrogen (secondary N) is 1. The van der Waals surface area contributed by atoms with Gasteiger partial charge in [-0.05, 0) is 41.6 Å². The van der Waals surface area contributed by atoms with E-state index in [-0.39, 0.29) is 12.4 Å². The first-order valence-electron chi connectivity index (χ1n) is 11.1. The van der Waals surface area contributed by atoms with Gasteiger partial charge in [-0.3, -0.25) is 4.79 Å². The third-order valence-electron chi connectivity index (χ3n) is 6.22. The zero-order valence-electron chi connectivity index (χ0n) is 19.9. The second-order valence-corrected chi connectivity index (χ2v) is 8.46. The number of pyridine rings is 2. The Labute approximate surface area is 197 Å². The normalized spacial score (nSPS) is 12.4. The van der Waals surface area contributed by atoms with Crippen LogP contribution in [0.4, 0.5) is 5.82 Å². The number of benzene rings is 2. The number of aryl methyl sites for hydroxylation is 1. The van der Waals surface area contributed by atoms with Crippen molar-refractivity contribution in [3.63, 3.8) is 0 Å². The number of anilines is 1. The van der Waals surface area contributed by atoms with Crippen molar-refractivity contribution in [2.75, 3.05) is 40.0 Å². The number of aromatic amines is 1. The predicted molar refractivity (Wildman–Crippen MR) is 132 cm³/mol. The molecule has 2 aromatic heterocycles. The first kappa shape index (κ1) is 21.9. The third-order valence-corrected chi connectivity index (χ3v) is 6.22. The number of methoxy groups -OCH3 is 2. The summed E-state index contributed by atoms with van der Waals surface area (Å²) in [6.07, 6.45) is 1.09.